The number of aromatic nitrogens is 3. The molecule has 106 valence electrons. The van der Waals surface area contributed by atoms with Gasteiger partial charge in [0.05, 0.1) is 12.1 Å². The first kappa shape index (κ1) is 13.1. The second-order valence-electron chi connectivity index (χ2n) is 5.15. The standard InChI is InChI=1S/C15H20N4O/c1-2-8-16-14(15-17-10-18-19-15)11-4-3-5-13(9-11)20-12-6-7-12/h3-5,9-10,12,14,16H,2,6-8H2,1H3,(H,17,18,19). The highest BCUT2D eigenvalue weighted by Crippen LogP contribution is 2.29. The van der Waals surface area contributed by atoms with Gasteiger partial charge in [-0.2, -0.15) is 5.10 Å². The largest absolute Gasteiger partial charge is 0.490 e. The third-order valence-corrected chi connectivity index (χ3v) is 3.32. The highest BCUT2D eigenvalue weighted by molar-refractivity contribution is 5.33. The van der Waals surface area contributed by atoms with Crippen molar-refractivity contribution in [3.05, 3.63) is 42.0 Å². The van der Waals surface area contributed by atoms with Gasteiger partial charge in [-0.05, 0) is 43.5 Å². The molecule has 1 aromatic heterocycles. The van der Waals surface area contributed by atoms with Gasteiger partial charge in [-0.25, -0.2) is 4.98 Å². The Morgan fingerprint density at radius 1 is 1.45 bits per heavy atom. The van der Waals surface area contributed by atoms with Gasteiger partial charge in [0.25, 0.3) is 0 Å². The van der Waals surface area contributed by atoms with Crippen LogP contribution in [-0.2, 0) is 0 Å². The highest BCUT2D eigenvalue weighted by atomic mass is 16.5. The summed E-state index contributed by atoms with van der Waals surface area (Å²) in [4.78, 5) is 4.28. The lowest BCUT2D eigenvalue weighted by molar-refractivity contribution is 0.302. The van der Waals surface area contributed by atoms with Crippen molar-refractivity contribution in [3.8, 4) is 5.75 Å². The molecule has 0 spiro atoms. The predicted octanol–water partition coefficient (Wildman–Crippen LogP) is 2.43. The SMILES string of the molecule is CCCNC(c1cccc(OC2CC2)c1)c1ncn[nH]1. The van der Waals surface area contributed by atoms with Crippen LogP contribution in [0.1, 0.15) is 43.6 Å². The van der Waals surface area contributed by atoms with E-state index >= 15 is 0 Å². The molecule has 1 unspecified atom stereocenters. The average Bonchev–Trinajstić information content (AvgIpc) is 3.11. The lowest BCUT2D eigenvalue weighted by Crippen LogP contribution is -2.24. The van der Waals surface area contributed by atoms with Crippen molar-refractivity contribution < 1.29 is 4.74 Å². The zero-order chi connectivity index (χ0) is 13.8. The Labute approximate surface area is 118 Å². The molecule has 2 aromatic rings. The quantitative estimate of drug-likeness (QED) is 0.812. The van der Waals surface area contributed by atoms with Crippen LogP contribution in [0.4, 0.5) is 0 Å². The normalized spacial score (nSPS) is 16.1. The van der Waals surface area contributed by atoms with E-state index in [4.69, 9.17) is 4.74 Å². The average molecular weight is 272 g/mol. The maximum atomic E-state index is 5.86. The first-order valence-corrected chi connectivity index (χ1v) is 7.22. The zero-order valence-electron chi connectivity index (χ0n) is 11.7. The highest BCUT2D eigenvalue weighted by Gasteiger charge is 2.24. The van der Waals surface area contributed by atoms with Gasteiger partial charge >= 0.3 is 0 Å². The number of rotatable bonds is 7. The van der Waals surface area contributed by atoms with Gasteiger partial charge in [0.2, 0.25) is 0 Å². The number of aromatic amines is 1. The van der Waals surface area contributed by atoms with Crippen LogP contribution in [0.15, 0.2) is 30.6 Å². The molecule has 20 heavy (non-hydrogen) atoms. The van der Waals surface area contributed by atoms with Crippen LogP contribution in [-0.4, -0.2) is 27.8 Å². The lowest BCUT2D eigenvalue weighted by atomic mass is 10.1. The number of nitrogens with zero attached hydrogens (tertiary/aromatic N) is 2. The Kier molecular flexibility index (Phi) is 3.97. The number of benzene rings is 1. The Morgan fingerprint density at radius 3 is 3.05 bits per heavy atom. The van der Waals surface area contributed by atoms with Gasteiger partial charge in [0, 0.05) is 0 Å². The van der Waals surface area contributed by atoms with Crippen LogP contribution in [0.3, 0.4) is 0 Å². The molecule has 1 aromatic carbocycles. The summed E-state index contributed by atoms with van der Waals surface area (Å²) in [5, 5.41) is 10.4. The van der Waals surface area contributed by atoms with Gasteiger partial charge in [0.15, 0.2) is 0 Å². The predicted molar refractivity (Wildman–Crippen MR) is 76.6 cm³/mol. The second kappa shape index (κ2) is 6.05. The summed E-state index contributed by atoms with van der Waals surface area (Å²) in [5.74, 6) is 1.77. The van der Waals surface area contributed by atoms with Crippen molar-refractivity contribution >= 4 is 0 Å². The Balaban J connectivity index is 1.81. The molecule has 3 rings (SSSR count). The number of hydrogen-bond donors (Lipinski definition) is 2. The molecule has 1 saturated carbocycles. The first-order chi connectivity index (χ1) is 9.86. The van der Waals surface area contributed by atoms with Crippen LogP contribution in [0.2, 0.25) is 0 Å². The third-order valence-electron chi connectivity index (χ3n) is 3.32. The van der Waals surface area contributed by atoms with E-state index in [9.17, 15) is 0 Å². The fourth-order valence-electron chi connectivity index (χ4n) is 2.16. The van der Waals surface area contributed by atoms with Gasteiger partial charge < -0.3 is 10.1 Å². The van der Waals surface area contributed by atoms with E-state index in [1.807, 2.05) is 12.1 Å². The second-order valence-corrected chi connectivity index (χ2v) is 5.15. The molecular weight excluding hydrogens is 252 g/mol. The molecule has 0 radical (unpaired) electrons. The summed E-state index contributed by atoms with van der Waals surface area (Å²) >= 11 is 0. The van der Waals surface area contributed by atoms with Gasteiger partial charge in [-0.3, -0.25) is 5.10 Å². The monoisotopic (exact) mass is 272 g/mol. The van der Waals surface area contributed by atoms with Gasteiger partial charge in [-0.1, -0.05) is 19.1 Å². The van der Waals surface area contributed by atoms with Crippen LogP contribution in [0.25, 0.3) is 0 Å². The summed E-state index contributed by atoms with van der Waals surface area (Å²) in [5.41, 5.74) is 1.15. The van der Waals surface area contributed by atoms with Crippen LogP contribution >= 0.6 is 0 Å². The summed E-state index contributed by atoms with van der Waals surface area (Å²) in [6.45, 7) is 3.08. The minimum atomic E-state index is 0.0280. The fraction of sp³-hybridized carbons (Fsp3) is 0.467. The number of ether oxygens (including phenoxy) is 1. The number of H-pyrrole nitrogens is 1. The Hall–Kier alpha value is -1.88. The summed E-state index contributed by atoms with van der Waals surface area (Å²) < 4.78 is 5.86. The minimum absolute atomic E-state index is 0.0280. The third kappa shape index (κ3) is 3.17. The number of nitrogens with one attached hydrogen (secondary N) is 2. The molecule has 0 saturated heterocycles. The van der Waals surface area contributed by atoms with Gasteiger partial charge in [0.1, 0.15) is 17.9 Å². The van der Waals surface area contributed by atoms with Crippen molar-refractivity contribution in [2.24, 2.45) is 0 Å². The molecule has 1 atom stereocenters. The van der Waals surface area contributed by atoms with Crippen LogP contribution in [0.5, 0.6) is 5.75 Å². The molecular formula is C15H20N4O. The molecule has 1 fully saturated rings. The van der Waals surface area contributed by atoms with E-state index in [1.165, 1.54) is 12.8 Å². The summed E-state index contributed by atoms with van der Waals surface area (Å²) in [7, 11) is 0. The van der Waals surface area contributed by atoms with E-state index in [1.54, 1.807) is 6.33 Å². The minimum Gasteiger partial charge on any atom is -0.490 e. The van der Waals surface area contributed by atoms with Crippen molar-refractivity contribution in [2.75, 3.05) is 6.54 Å². The lowest BCUT2D eigenvalue weighted by Gasteiger charge is -2.17. The topological polar surface area (TPSA) is 62.8 Å². The first-order valence-electron chi connectivity index (χ1n) is 7.22. The van der Waals surface area contributed by atoms with E-state index in [2.05, 4.69) is 39.6 Å². The molecule has 1 aliphatic carbocycles. The molecule has 2 N–H and O–H groups in total. The van der Waals surface area contributed by atoms with Gasteiger partial charge in [-0.15, -0.1) is 0 Å². The molecule has 5 heteroatoms. The fourth-order valence-corrected chi connectivity index (χ4v) is 2.16. The molecule has 5 nitrogen and oxygen atoms in total. The molecule has 1 heterocycles. The van der Waals surface area contributed by atoms with E-state index in [0.29, 0.717) is 6.10 Å². The summed E-state index contributed by atoms with van der Waals surface area (Å²) in [6.07, 6.45) is 5.37. The molecule has 0 aliphatic heterocycles. The Bertz CT molecular complexity index is 537. The van der Waals surface area contributed by atoms with Crippen molar-refractivity contribution in [1.29, 1.82) is 0 Å². The van der Waals surface area contributed by atoms with Crippen molar-refractivity contribution in [1.82, 2.24) is 20.5 Å². The van der Waals surface area contributed by atoms with E-state index in [-0.39, 0.29) is 6.04 Å². The maximum Gasteiger partial charge on any atom is 0.145 e. The summed E-state index contributed by atoms with van der Waals surface area (Å²) in [6, 6.07) is 8.26. The smallest absolute Gasteiger partial charge is 0.145 e. The molecule has 0 amide bonds. The number of hydrogen-bond acceptors (Lipinski definition) is 4. The Morgan fingerprint density at radius 2 is 2.35 bits per heavy atom. The van der Waals surface area contributed by atoms with Crippen molar-refractivity contribution in [2.45, 2.75) is 38.3 Å². The van der Waals surface area contributed by atoms with Crippen molar-refractivity contribution in [3.63, 3.8) is 0 Å². The van der Waals surface area contributed by atoms with Crippen LogP contribution < -0.4 is 10.1 Å². The zero-order valence-corrected chi connectivity index (χ0v) is 11.7. The molecule has 0 bridgehead atoms. The van der Waals surface area contributed by atoms with E-state index in [0.717, 1.165) is 30.1 Å². The van der Waals surface area contributed by atoms with E-state index < -0.39 is 0 Å². The maximum absolute atomic E-state index is 5.86. The molecule has 1 aliphatic rings. The van der Waals surface area contributed by atoms with Crippen LogP contribution in [0, 0.1) is 0 Å².